The second-order valence-corrected chi connectivity index (χ2v) is 6.34. The van der Waals surface area contributed by atoms with Crippen LogP contribution in [0.3, 0.4) is 0 Å². The van der Waals surface area contributed by atoms with Crippen molar-refractivity contribution in [2.45, 2.75) is 31.3 Å². The van der Waals surface area contributed by atoms with Crippen LogP contribution in [-0.2, 0) is 0 Å². The highest BCUT2D eigenvalue weighted by Crippen LogP contribution is 2.33. The molecule has 2 bridgehead atoms. The Kier molecular flexibility index (Phi) is 3.95. The van der Waals surface area contributed by atoms with Crippen LogP contribution in [0, 0.1) is 0 Å². The molecule has 114 valence electrons. The lowest BCUT2D eigenvalue weighted by atomic mass is 10.1. The van der Waals surface area contributed by atoms with Crippen molar-refractivity contribution in [3.05, 3.63) is 28.8 Å². The number of oxime groups is 1. The quantitative estimate of drug-likeness (QED) is 0.380. The second-order valence-electron chi connectivity index (χ2n) is 5.94. The number of nitrogens with zero attached hydrogens (tertiary/aromatic N) is 3. The third kappa shape index (κ3) is 2.68. The summed E-state index contributed by atoms with van der Waals surface area (Å²) in [6.45, 7) is 2.03. The number of anilines is 1. The number of hydrogen-bond acceptors (Lipinski definition) is 4. The average molecular weight is 309 g/mol. The highest BCUT2D eigenvalue weighted by molar-refractivity contribution is 6.33. The van der Waals surface area contributed by atoms with Crippen molar-refractivity contribution < 1.29 is 5.21 Å². The van der Waals surface area contributed by atoms with Gasteiger partial charge in [-0.3, -0.25) is 4.90 Å². The molecule has 0 amide bonds. The van der Waals surface area contributed by atoms with Crippen molar-refractivity contribution >= 4 is 23.1 Å². The average Bonchev–Trinajstić information content (AvgIpc) is 2.72. The molecular weight excluding hydrogens is 288 g/mol. The number of halogens is 1. The fourth-order valence-electron chi connectivity index (χ4n) is 3.51. The number of benzene rings is 1. The lowest BCUT2D eigenvalue weighted by Gasteiger charge is -2.28. The highest BCUT2D eigenvalue weighted by Gasteiger charge is 2.35. The van der Waals surface area contributed by atoms with E-state index in [1.807, 2.05) is 12.1 Å². The molecule has 1 aromatic rings. The number of hydrogen-bond donors (Lipinski definition) is 2. The SMILES string of the molecule is CN1C2CCC1CN(c1ccc(C(N)=NO)cc1Cl)CC2. The smallest absolute Gasteiger partial charge is 0.170 e. The van der Waals surface area contributed by atoms with Gasteiger partial charge in [-0.25, -0.2) is 0 Å². The topological polar surface area (TPSA) is 65.1 Å². The number of amidine groups is 1. The first-order valence-corrected chi connectivity index (χ1v) is 7.72. The van der Waals surface area contributed by atoms with Crippen molar-refractivity contribution in [2.75, 3.05) is 25.0 Å². The van der Waals surface area contributed by atoms with Gasteiger partial charge in [0.1, 0.15) is 0 Å². The van der Waals surface area contributed by atoms with Crippen molar-refractivity contribution in [1.29, 1.82) is 0 Å². The summed E-state index contributed by atoms with van der Waals surface area (Å²) < 4.78 is 0. The number of nitrogens with two attached hydrogens (primary N) is 1. The molecule has 2 unspecified atom stereocenters. The van der Waals surface area contributed by atoms with Gasteiger partial charge in [-0.1, -0.05) is 16.8 Å². The summed E-state index contributed by atoms with van der Waals surface area (Å²) in [4.78, 5) is 4.87. The third-order valence-electron chi connectivity index (χ3n) is 4.84. The molecule has 0 aliphatic carbocycles. The van der Waals surface area contributed by atoms with E-state index >= 15 is 0 Å². The Morgan fingerprint density at radius 3 is 2.81 bits per heavy atom. The lowest BCUT2D eigenvalue weighted by molar-refractivity contribution is 0.254. The van der Waals surface area contributed by atoms with Crippen LogP contribution in [0.1, 0.15) is 24.8 Å². The maximum Gasteiger partial charge on any atom is 0.170 e. The first-order chi connectivity index (χ1) is 10.1. The zero-order valence-corrected chi connectivity index (χ0v) is 12.9. The molecule has 3 N–H and O–H groups in total. The van der Waals surface area contributed by atoms with E-state index in [-0.39, 0.29) is 5.84 Å². The van der Waals surface area contributed by atoms with Gasteiger partial charge in [-0.2, -0.15) is 0 Å². The van der Waals surface area contributed by atoms with Crippen LogP contribution in [-0.4, -0.2) is 48.2 Å². The van der Waals surface area contributed by atoms with Crippen molar-refractivity contribution in [3.63, 3.8) is 0 Å². The summed E-state index contributed by atoms with van der Waals surface area (Å²) in [7, 11) is 2.23. The van der Waals surface area contributed by atoms with E-state index in [1.165, 1.54) is 19.3 Å². The lowest BCUT2D eigenvalue weighted by Crippen LogP contribution is -2.36. The van der Waals surface area contributed by atoms with E-state index in [2.05, 4.69) is 22.0 Å². The molecule has 0 spiro atoms. The van der Waals surface area contributed by atoms with Gasteiger partial charge in [-0.05, 0) is 44.5 Å². The monoisotopic (exact) mass is 308 g/mol. The Morgan fingerprint density at radius 2 is 2.10 bits per heavy atom. The summed E-state index contributed by atoms with van der Waals surface area (Å²) in [5.41, 5.74) is 7.28. The molecule has 0 aromatic heterocycles. The van der Waals surface area contributed by atoms with Gasteiger partial charge in [-0.15, -0.1) is 0 Å². The first-order valence-electron chi connectivity index (χ1n) is 7.34. The summed E-state index contributed by atoms with van der Waals surface area (Å²) in [6.07, 6.45) is 3.74. The van der Waals surface area contributed by atoms with Gasteiger partial charge in [0.15, 0.2) is 5.84 Å². The van der Waals surface area contributed by atoms with E-state index in [4.69, 9.17) is 22.5 Å². The summed E-state index contributed by atoms with van der Waals surface area (Å²) in [5, 5.41) is 12.4. The molecule has 1 aromatic carbocycles. The highest BCUT2D eigenvalue weighted by atomic mass is 35.5. The van der Waals surface area contributed by atoms with Gasteiger partial charge in [0.25, 0.3) is 0 Å². The molecule has 2 heterocycles. The molecule has 21 heavy (non-hydrogen) atoms. The Bertz CT molecular complexity index is 563. The van der Waals surface area contributed by atoms with Crippen LogP contribution in [0.4, 0.5) is 5.69 Å². The molecule has 0 saturated carbocycles. The van der Waals surface area contributed by atoms with E-state index in [0.717, 1.165) is 18.8 Å². The molecule has 3 rings (SSSR count). The molecule has 2 saturated heterocycles. The van der Waals surface area contributed by atoms with Crippen molar-refractivity contribution in [3.8, 4) is 0 Å². The minimum atomic E-state index is 0.0816. The predicted molar refractivity (Wildman–Crippen MR) is 85.4 cm³/mol. The van der Waals surface area contributed by atoms with Crippen LogP contribution in [0.15, 0.2) is 23.4 Å². The maximum absolute atomic E-state index is 8.74. The Morgan fingerprint density at radius 1 is 1.33 bits per heavy atom. The van der Waals surface area contributed by atoms with Crippen LogP contribution < -0.4 is 10.6 Å². The van der Waals surface area contributed by atoms with E-state index in [9.17, 15) is 0 Å². The Labute approximate surface area is 130 Å². The Balaban J connectivity index is 1.84. The van der Waals surface area contributed by atoms with Crippen molar-refractivity contribution in [1.82, 2.24) is 4.90 Å². The molecule has 2 aliphatic heterocycles. The number of likely N-dealkylation sites (N-methyl/N-ethyl adjacent to an activating group) is 1. The fourth-order valence-corrected chi connectivity index (χ4v) is 3.81. The molecule has 6 heteroatoms. The zero-order valence-electron chi connectivity index (χ0n) is 12.2. The predicted octanol–water partition coefficient (Wildman–Crippen LogP) is 2.11. The van der Waals surface area contributed by atoms with Crippen molar-refractivity contribution in [2.24, 2.45) is 10.9 Å². The molecule has 2 aliphatic rings. The fraction of sp³-hybridized carbons (Fsp3) is 0.533. The molecule has 5 nitrogen and oxygen atoms in total. The van der Waals surface area contributed by atoms with Crippen LogP contribution in [0.25, 0.3) is 0 Å². The van der Waals surface area contributed by atoms with Crippen LogP contribution >= 0.6 is 11.6 Å². The summed E-state index contributed by atoms with van der Waals surface area (Å²) in [5.74, 6) is 0.0816. The Hall–Kier alpha value is -1.46. The second kappa shape index (κ2) is 5.73. The third-order valence-corrected chi connectivity index (χ3v) is 5.14. The minimum absolute atomic E-state index is 0.0816. The van der Waals surface area contributed by atoms with Crippen LogP contribution in [0.5, 0.6) is 0 Å². The minimum Gasteiger partial charge on any atom is -0.409 e. The van der Waals surface area contributed by atoms with Gasteiger partial charge in [0.05, 0.1) is 10.7 Å². The number of fused-ring (bicyclic) bond motifs is 2. The first kappa shape index (κ1) is 14.5. The summed E-state index contributed by atoms with van der Waals surface area (Å²) >= 11 is 6.41. The van der Waals surface area contributed by atoms with E-state index in [0.29, 0.717) is 22.7 Å². The molecular formula is C15H21ClN4O. The van der Waals surface area contributed by atoms with Gasteiger partial charge < -0.3 is 15.8 Å². The maximum atomic E-state index is 8.74. The zero-order chi connectivity index (χ0) is 15.0. The van der Waals surface area contributed by atoms with Gasteiger partial charge >= 0.3 is 0 Å². The molecule has 2 atom stereocenters. The van der Waals surface area contributed by atoms with E-state index < -0.39 is 0 Å². The normalized spacial score (nSPS) is 27.0. The van der Waals surface area contributed by atoms with E-state index in [1.54, 1.807) is 6.07 Å². The van der Waals surface area contributed by atoms with Crippen LogP contribution in [0.2, 0.25) is 5.02 Å². The largest absolute Gasteiger partial charge is 0.409 e. The van der Waals surface area contributed by atoms with Gasteiger partial charge in [0.2, 0.25) is 0 Å². The summed E-state index contributed by atoms with van der Waals surface area (Å²) in [6, 6.07) is 6.89. The molecule has 2 fully saturated rings. The standard InChI is InChI=1S/C15H21ClN4O/c1-19-11-3-4-12(19)9-20(7-6-11)14-5-2-10(8-13(14)16)15(17)18-21/h2,5,8,11-12,21H,3-4,6-7,9H2,1H3,(H2,17,18). The number of rotatable bonds is 2. The molecule has 0 radical (unpaired) electrons. The van der Waals surface area contributed by atoms with Gasteiger partial charge in [0, 0.05) is 30.7 Å².